The van der Waals surface area contributed by atoms with Gasteiger partial charge in [0.05, 0.1) is 24.4 Å². The summed E-state index contributed by atoms with van der Waals surface area (Å²) in [6, 6.07) is 7.63. The van der Waals surface area contributed by atoms with Gasteiger partial charge in [0.1, 0.15) is 11.6 Å². The van der Waals surface area contributed by atoms with E-state index in [0.29, 0.717) is 36.5 Å². The lowest BCUT2D eigenvalue weighted by molar-refractivity contribution is -0.132. The molecule has 0 aliphatic carbocycles. The number of piperidine rings is 1. The third kappa shape index (κ3) is 4.76. The summed E-state index contributed by atoms with van der Waals surface area (Å²) in [4.78, 5) is 39.3. The average molecular weight is 437 g/mol. The highest BCUT2D eigenvalue weighted by atomic mass is 16.5. The predicted molar refractivity (Wildman–Crippen MR) is 122 cm³/mol. The van der Waals surface area contributed by atoms with E-state index >= 15 is 0 Å². The van der Waals surface area contributed by atoms with Crippen molar-refractivity contribution in [2.24, 2.45) is 0 Å². The summed E-state index contributed by atoms with van der Waals surface area (Å²) < 4.78 is 5.42. The topological polar surface area (TPSA) is 75.6 Å². The molecule has 0 saturated carbocycles. The second-order valence-electron chi connectivity index (χ2n) is 8.63. The number of ether oxygens (including phenoxy) is 1. The Hall–Kier alpha value is -2.96. The van der Waals surface area contributed by atoms with Gasteiger partial charge in [-0.2, -0.15) is 0 Å². The van der Waals surface area contributed by atoms with Gasteiger partial charge in [0.2, 0.25) is 5.91 Å². The minimum atomic E-state index is -0.175. The van der Waals surface area contributed by atoms with E-state index in [2.05, 4.69) is 9.97 Å². The van der Waals surface area contributed by atoms with E-state index in [0.717, 1.165) is 56.5 Å². The van der Waals surface area contributed by atoms with E-state index in [-0.39, 0.29) is 17.9 Å². The van der Waals surface area contributed by atoms with Gasteiger partial charge in [0.25, 0.3) is 5.91 Å². The summed E-state index contributed by atoms with van der Waals surface area (Å²) >= 11 is 0. The molecule has 2 aliphatic rings. The van der Waals surface area contributed by atoms with Crippen LogP contribution in [-0.4, -0.2) is 58.3 Å². The molecular weight excluding hydrogens is 404 g/mol. The zero-order valence-corrected chi connectivity index (χ0v) is 19.0. The Labute approximate surface area is 189 Å². The fourth-order valence-electron chi connectivity index (χ4n) is 4.82. The van der Waals surface area contributed by atoms with E-state index < -0.39 is 0 Å². The maximum Gasteiger partial charge on any atom is 0.257 e. The van der Waals surface area contributed by atoms with Crippen molar-refractivity contribution in [2.45, 2.75) is 57.9 Å². The van der Waals surface area contributed by atoms with Crippen LogP contribution < -0.4 is 4.74 Å². The van der Waals surface area contributed by atoms with E-state index in [1.807, 2.05) is 41.0 Å². The van der Waals surface area contributed by atoms with Gasteiger partial charge in [-0.1, -0.05) is 18.2 Å². The van der Waals surface area contributed by atoms with Gasteiger partial charge < -0.3 is 14.5 Å². The standard InChI is InChI=1S/C25H32N4O3/c1-18-26-17-20(25(31)28-14-6-3-7-15-28)24(27-18)21-10-8-16-29(21)23(30)13-12-19-9-4-5-11-22(19)32-2/h4-5,9,11,17,21H,3,6-8,10,12-16H2,1-2H3/t21-/m0/s1. The largest absolute Gasteiger partial charge is 0.496 e. The molecule has 3 heterocycles. The molecule has 0 radical (unpaired) electrons. The highest BCUT2D eigenvalue weighted by molar-refractivity contribution is 5.95. The minimum absolute atomic E-state index is 0.00646. The van der Waals surface area contributed by atoms with Crippen molar-refractivity contribution >= 4 is 11.8 Å². The lowest BCUT2D eigenvalue weighted by atomic mass is 10.0. The maximum atomic E-state index is 13.3. The maximum absolute atomic E-state index is 13.3. The molecule has 2 aliphatic heterocycles. The van der Waals surface area contributed by atoms with Gasteiger partial charge in [-0.05, 0) is 57.1 Å². The number of rotatable bonds is 6. The van der Waals surface area contributed by atoms with Crippen LogP contribution in [0.1, 0.15) is 72.0 Å². The van der Waals surface area contributed by atoms with Crippen molar-refractivity contribution in [3.05, 3.63) is 53.1 Å². The Morgan fingerprint density at radius 2 is 1.88 bits per heavy atom. The lowest BCUT2D eigenvalue weighted by Gasteiger charge is -2.30. The van der Waals surface area contributed by atoms with Crippen LogP contribution in [0.2, 0.25) is 0 Å². The number of para-hydroxylation sites is 1. The first-order valence-corrected chi connectivity index (χ1v) is 11.6. The van der Waals surface area contributed by atoms with Gasteiger partial charge in [0.15, 0.2) is 0 Å². The highest BCUT2D eigenvalue weighted by Crippen LogP contribution is 2.34. The van der Waals surface area contributed by atoms with Crippen molar-refractivity contribution in [1.29, 1.82) is 0 Å². The number of nitrogens with zero attached hydrogens (tertiary/aromatic N) is 4. The third-order valence-electron chi connectivity index (χ3n) is 6.50. The number of hydrogen-bond donors (Lipinski definition) is 0. The molecule has 32 heavy (non-hydrogen) atoms. The predicted octanol–water partition coefficient (Wildman–Crippen LogP) is 3.72. The summed E-state index contributed by atoms with van der Waals surface area (Å²) in [5, 5.41) is 0. The molecule has 0 N–H and O–H groups in total. The number of benzene rings is 1. The summed E-state index contributed by atoms with van der Waals surface area (Å²) in [7, 11) is 1.65. The number of hydrogen-bond acceptors (Lipinski definition) is 5. The van der Waals surface area contributed by atoms with Gasteiger partial charge in [-0.25, -0.2) is 9.97 Å². The molecule has 0 unspecified atom stereocenters. The molecule has 1 aromatic heterocycles. The molecule has 170 valence electrons. The lowest BCUT2D eigenvalue weighted by Crippen LogP contribution is -2.38. The number of carbonyl (C=O) groups is 2. The summed E-state index contributed by atoms with van der Waals surface area (Å²) in [6.45, 7) is 4.08. The van der Waals surface area contributed by atoms with Crippen LogP contribution in [0.15, 0.2) is 30.5 Å². The van der Waals surface area contributed by atoms with Crippen LogP contribution in [0, 0.1) is 6.92 Å². The molecule has 2 fully saturated rings. The number of aromatic nitrogens is 2. The van der Waals surface area contributed by atoms with Crippen molar-refractivity contribution in [2.75, 3.05) is 26.7 Å². The number of likely N-dealkylation sites (tertiary alicyclic amines) is 2. The van der Waals surface area contributed by atoms with Gasteiger partial charge in [-0.3, -0.25) is 9.59 Å². The first-order valence-electron chi connectivity index (χ1n) is 11.6. The molecular formula is C25H32N4O3. The molecule has 2 saturated heterocycles. The summed E-state index contributed by atoms with van der Waals surface area (Å²) in [6.07, 6.45) is 7.63. The molecule has 7 nitrogen and oxygen atoms in total. The number of carbonyl (C=O) groups excluding carboxylic acids is 2. The van der Waals surface area contributed by atoms with Crippen molar-refractivity contribution in [1.82, 2.24) is 19.8 Å². The van der Waals surface area contributed by atoms with Crippen LogP contribution in [0.25, 0.3) is 0 Å². The molecule has 1 aromatic carbocycles. The van der Waals surface area contributed by atoms with Gasteiger partial charge in [0, 0.05) is 32.3 Å². The quantitative estimate of drug-likeness (QED) is 0.690. The first kappa shape index (κ1) is 22.2. The molecule has 0 spiro atoms. The van der Waals surface area contributed by atoms with Crippen LogP contribution in [-0.2, 0) is 11.2 Å². The number of amides is 2. The van der Waals surface area contributed by atoms with E-state index in [4.69, 9.17) is 4.74 Å². The zero-order valence-electron chi connectivity index (χ0n) is 19.0. The molecule has 2 amide bonds. The molecule has 1 atom stereocenters. The summed E-state index contributed by atoms with van der Waals surface area (Å²) in [5.41, 5.74) is 2.28. The fourth-order valence-corrected chi connectivity index (χ4v) is 4.82. The molecule has 4 rings (SSSR count). The second kappa shape index (κ2) is 10.1. The zero-order chi connectivity index (χ0) is 22.5. The van der Waals surface area contributed by atoms with E-state index in [9.17, 15) is 9.59 Å². The normalized spacial score (nSPS) is 18.6. The Bertz CT molecular complexity index is 971. The van der Waals surface area contributed by atoms with Crippen molar-refractivity contribution in [3.63, 3.8) is 0 Å². The molecule has 7 heteroatoms. The first-order chi connectivity index (χ1) is 15.6. The van der Waals surface area contributed by atoms with Crippen LogP contribution in [0.4, 0.5) is 0 Å². The van der Waals surface area contributed by atoms with Crippen LogP contribution in [0.3, 0.4) is 0 Å². The van der Waals surface area contributed by atoms with Gasteiger partial charge >= 0.3 is 0 Å². The average Bonchev–Trinajstić information content (AvgIpc) is 3.33. The SMILES string of the molecule is COc1ccccc1CCC(=O)N1CCC[C@H]1c1nc(C)ncc1C(=O)N1CCCCC1. The minimum Gasteiger partial charge on any atom is -0.496 e. The van der Waals surface area contributed by atoms with Crippen molar-refractivity contribution < 1.29 is 14.3 Å². The number of methoxy groups -OCH3 is 1. The Kier molecular flexibility index (Phi) is 7.02. The van der Waals surface area contributed by atoms with E-state index in [1.54, 1.807) is 13.3 Å². The van der Waals surface area contributed by atoms with Crippen molar-refractivity contribution in [3.8, 4) is 5.75 Å². The van der Waals surface area contributed by atoms with Gasteiger partial charge in [-0.15, -0.1) is 0 Å². The summed E-state index contributed by atoms with van der Waals surface area (Å²) in [5.74, 6) is 1.52. The highest BCUT2D eigenvalue weighted by Gasteiger charge is 2.35. The van der Waals surface area contributed by atoms with Crippen LogP contribution in [0.5, 0.6) is 5.75 Å². The second-order valence-corrected chi connectivity index (χ2v) is 8.63. The van der Waals surface area contributed by atoms with E-state index in [1.165, 1.54) is 0 Å². The van der Waals surface area contributed by atoms with Crippen LogP contribution >= 0.6 is 0 Å². The Balaban J connectivity index is 1.53. The monoisotopic (exact) mass is 436 g/mol. The number of aryl methyl sites for hydroxylation is 2. The third-order valence-corrected chi connectivity index (χ3v) is 6.50. The smallest absolute Gasteiger partial charge is 0.257 e. The fraction of sp³-hybridized carbons (Fsp3) is 0.520. The molecule has 0 bridgehead atoms. The Morgan fingerprint density at radius 3 is 2.66 bits per heavy atom. The Morgan fingerprint density at radius 1 is 1.09 bits per heavy atom. The molecule has 2 aromatic rings.